The standard InChI is InChI=1S/C21H25N5O3/c1-14(23-20(27)11-17-5-3-4-10-29-17)21-24-19-12-18(22-13-26(19)25-21)15-6-8-16(28-2)9-7-15/h6-9,12-14,17H,3-5,10-11H2,1-2H3,(H,23,27)/t14-,17-/m0/s1. The van der Waals surface area contributed by atoms with Crippen molar-refractivity contribution in [2.24, 2.45) is 0 Å². The topological polar surface area (TPSA) is 90.6 Å². The molecule has 0 saturated carbocycles. The maximum absolute atomic E-state index is 12.3. The molecular weight excluding hydrogens is 370 g/mol. The molecule has 0 aliphatic carbocycles. The number of hydrogen-bond acceptors (Lipinski definition) is 6. The van der Waals surface area contributed by atoms with Crippen molar-refractivity contribution >= 4 is 11.6 Å². The molecule has 1 amide bonds. The molecule has 1 fully saturated rings. The van der Waals surface area contributed by atoms with E-state index < -0.39 is 0 Å². The second-order valence-corrected chi connectivity index (χ2v) is 7.26. The first-order chi connectivity index (χ1) is 14.1. The van der Waals surface area contributed by atoms with E-state index in [0.29, 0.717) is 17.9 Å². The number of methoxy groups -OCH3 is 1. The molecule has 0 radical (unpaired) electrons. The van der Waals surface area contributed by atoms with Crippen LogP contribution in [0.1, 0.15) is 44.5 Å². The molecule has 0 unspecified atom stereocenters. The number of hydrogen-bond donors (Lipinski definition) is 1. The van der Waals surface area contributed by atoms with Gasteiger partial charge in [-0.2, -0.15) is 0 Å². The van der Waals surface area contributed by atoms with E-state index in [0.717, 1.165) is 42.9 Å². The Morgan fingerprint density at radius 3 is 2.90 bits per heavy atom. The van der Waals surface area contributed by atoms with E-state index in [4.69, 9.17) is 9.47 Å². The van der Waals surface area contributed by atoms with Crippen LogP contribution in [0.25, 0.3) is 16.9 Å². The number of aromatic nitrogens is 4. The highest BCUT2D eigenvalue weighted by molar-refractivity contribution is 5.76. The number of benzene rings is 1. The lowest BCUT2D eigenvalue weighted by Gasteiger charge is -2.22. The Labute approximate surface area is 169 Å². The van der Waals surface area contributed by atoms with E-state index in [1.165, 1.54) is 0 Å². The number of nitrogens with zero attached hydrogens (tertiary/aromatic N) is 4. The summed E-state index contributed by atoms with van der Waals surface area (Å²) in [5.41, 5.74) is 2.44. The maximum atomic E-state index is 12.3. The first kappa shape index (κ1) is 19.3. The minimum Gasteiger partial charge on any atom is -0.497 e. The second kappa shape index (κ2) is 8.57. The molecule has 3 aromatic rings. The van der Waals surface area contributed by atoms with E-state index in [-0.39, 0.29) is 18.1 Å². The van der Waals surface area contributed by atoms with Crippen LogP contribution in [0.15, 0.2) is 36.7 Å². The number of amides is 1. The zero-order valence-corrected chi connectivity index (χ0v) is 16.7. The van der Waals surface area contributed by atoms with Crippen molar-refractivity contribution in [2.45, 2.75) is 44.8 Å². The normalized spacial score (nSPS) is 17.8. The predicted octanol–water partition coefficient (Wildman–Crippen LogP) is 2.94. The van der Waals surface area contributed by atoms with Gasteiger partial charge in [-0.1, -0.05) is 0 Å². The lowest BCUT2D eigenvalue weighted by molar-refractivity contribution is -0.125. The van der Waals surface area contributed by atoms with Crippen molar-refractivity contribution in [3.05, 3.63) is 42.5 Å². The molecule has 8 heteroatoms. The van der Waals surface area contributed by atoms with Crippen molar-refractivity contribution in [3.63, 3.8) is 0 Å². The Morgan fingerprint density at radius 2 is 2.17 bits per heavy atom. The van der Waals surface area contributed by atoms with Gasteiger partial charge in [0.15, 0.2) is 11.5 Å². The molecule has 1 aliphatic rings. The van der Waals surface area contributed by atoms with Crippen LogP contribution in [-0.4, -0.2) is 45.3 Å². The van der Waals surface area contributed by atoms with Crippen LogP contribution < -0.4 is 10.1 Å². The SMILES string of the molecule is COc1ccc(-c2cc3nc([C@H](C)NC(=O)C[C@@H]4CCCCO4)nn3cn2)cc1. The van der Waals surface area contributed by atoms with Gasteiger partial charge < -0.3 is 14.8 Å². The molecule has 4 rings (SSSR count). The minimum atomic E-state index is -0.296. The first-order valence-corrected chi connectivity index (χ1v) is 9.90. The van der Waals surface area contributed by atoms with Crippen LogP contribution in [0, 0.1) is 0 Å². The van der Waals surface area contributed by atoms with Crippen molar-refractivity contribution in [2.75, 3.05) is 13.7 Å². The number of rotatable bonds is 6. The minimum absolute atomic E-state index is 0.0150. The Bertz CT molecular complexity index is 980. The van der Waals surface area contributed by atoms with Crippen molar-refractivity contribution in [3.8, 4) is 17.0 Å². The van der Waals surface area contributed by atoms with Gasteiger partial charge in [-0.25, -0.2) is 14.5 Å². The molecule has 1 saturated heterocycles. The molecule has 0 spiro atoms. The summed E-state index contributed by atoms with van der Waals surface area (Å²) in [4.78, 5) is 21.4. The molecule has 152 valence electrons. The lowest BCUT2D eigenvalue weighted by Crippen LogP contribution is -2.32. The largest absolute Gasteiger partial charge is 0.497 e. The fraction of sp³-hybridized carbons (Fsp3) is 0.429. The van der Waals surface area contributed by atoms with Crippen LogP contribution in [-0.2, 0) is 9.53 Å². The molecule has 29 heavy (non-hydrogen) atoms. The zero-order valence-electron chi connectivity index (χ0n) is 16.7. The summed E-state index contributed by atoms with van der Waals surface area (Å²) in [6.07, 6.45) is 5.16. The number of nitrogens with one attached hydrogen (secondary N) is 1. The van der Waals surface area contributed by atoms with Gasteiger partial charge >= 0.3 is 0 Å². The van der Waals surface area contributed by atoms with Crippen molar-refractivity contribution in [1.82, 2.24) is 24.9 Å². The number of ether oxygens (including phenoxy) is 2. The molecule has 3 heterocycles. The second-order valence-electron chi connectivity index (χ2n) is 7.26. The highest BCUT2D eigenvalue weighted by Crippen LogP contribution is 2.22. The summed E-state index contributed by atoms with van der Waals surface area (Å²) < 4.78 is 12.5. The van der Waals surface area contributed by atoms with Gasteiger partial charge in [0.05, 0.1) is 31.4 Å². The maximum Gasteiger partial charge on any atom is 0.223 e. The monoisotopic (exact) mass is 395 g/mol. The van der Waals surface area contributed by atoms with E-state index in [9.17, 15) is 4.79 Å². The Balaban J connectivity index is 1.45. The van der Waals surface area contributed by atoms with Crippen LogP contribution in [0.2, 0.25) is 0 Å². The van der Waals surface area contributed by atoms with E-state index in [1.54, 1.807) is 18.0 Å². The Kier molecular flexibility index (Phi) is 5.71. The van der Waals surface area contributed by atoms with Gasteiger partial charge in [-0.3, -0.25) is 4.79 Å². The average Bonchev–Trinajstić information content (AvgIpc) is 3.18. The highest BCUT2D eigenvalue weighted by Gasteiger charge is 2.20. The van der Waals surface area contributed by atoms with E-state index >= 15 is 0 Å². The Morgan fingerprint density at radius 1 is 1.34 bits per heavy atom. The Hall–Kier alpha value is -3.00. The zero-order chi connectivity index (χ0) is 20.2. The molecule has 1 N–H and O–H groups in total. The third-order valence-corrected chi connectivity index (χ3v) is 5.08. The fourth-order valence-electron chi connectivity index (χ4n) is 3.46. The van der Waals surface area contributed by atoms with Gasteiger partial charge in [0.25, 0.3) is 0 Å². The lowest BCUT2D eigenvalue weighted by atomic mass is 10.1. The first-order valence-electron chi connectivity index (χ1n) is 9.90. The highest BCUT2D eigenvalue weighted by atomic mass is 16.5. The molecule has 1 aromatic carbocycles. The molecule has 1 aliphatic heterocycles. The summed E-state index contributed by atoms with van der Waals surface area (Å²) in [5, 5.41) is 7.42. The molecule has 2 atom stereocenters. The summed E-state index contributed by atoms with van der Waals surface area (Å²) in [7, 11) is 1.64. The fourth-order valence-corrected chi connectivity index (χ4v) is 3.46. The van der Waals surface area contributed by atoms with Gasteiger partial charge in [0.2, 0.25) is 5.91 Å². The smallest absolute Gasteiger partial charge is 0.223 e. The number of fused-ring (bicyclic) bond motifs is 1. The van der Waals surface area contributed by atoms with E-state index in [1.807, 2.05) is 37.3 Å². The summed E-state index contributed by atoms with van der Waals surface area (Å²) >= 11 is 0. The molecule has 2 aromatic heterocycles. The van der Waals surface area contributed by atoms with E-state index in [2.05, 4.69) is 20.4 Å². The molecule has 8 nitrogen and oxygen atoms in total. The van der Waals surface area contributed by atoms with Crippen LogP contribution in [0.5, 0.6) is 5.75 Å². The van der Waals surface area contributed by atoms with Gasteiger partial charge in [-0.15, -0.1) is 5.10 Å². The van der Waals surface area contributed by atoms with Crippen molar-refractivity contribution in [1.29, 1.82) is 0 Å². The summed E-state index contributed by atoms with van der Waals surface area (Å²) in [5.74, 6) is 1.31. The van der Waals surface area contributed by atoms with Crippen LogP contribution >= 0.6 is 0 Å². The number of carbonyl (C=O) groups excluding carboxylic acids is 1. The third kappa shape index (κ3) is 4.54. The summed E-state index contributed by atoms with van der Waals surface area (Å²) in [6.45, 7) is 2.62. The quantitative estimate of drug-likeness (QED) is 0.690. The molecular formula is C21H25N5O3. The van der Waals surface area contributed by atoms with Gasteiger partial charge in [0.1, 0.15) is 12.1 Å². The van der Waals surface area contributed by atoms with Gasteiger partial charge in [-0.05, 0) is 50.5 Å². The summed E-state index contributed by atoms with van der Waals surface area (Å²) in [6, 6.07) is 9.27. The number of carbonyl (C=O) groups is 1. The van der Waals surface area contributed by atoms with Crippen molar-refractivity contribution < 1.29 is 14.3 Å². The predicted molar refractivity (Wildman–Crippen MR) is 108 cm³/mol. The average molecular weight is 395 g/mol. The van der Waals surface area contributed by atoms with Gasteiger partial charge in [0, 0.05) is 18.2 Å². The van der Waals surface area contributed by atoms with Crippen LogP contribution in [0.4, 0.5) is 0 Å². The third-order valence-electron chi connectivity index (χ3n) is 5.08. The molecule has 0 bridgehead atoms. The van der Waals surface area contributed by atoms with Crippen LogP contribution in [0.3, 0.4) is 0 Å².